The van der Waals surface area contributed by atoms with Gasteiger partial charge < -0.3 is 0 Å². The van der Waals surface area contributed by atoms with Crippen LogP contribution in [0.1, 0.15) is 13.8 Å². The van der Waals surface area contributed by atoms with Crippen molar-refractivity contribution in [3.05, 3.63) is 45.5 Å². The minimum atomic E-state index is -3.43. The minimum Gasteiger partial charge on any atom is -0.217 e. The zero-order valence-corrected chi connectivity index (χ0v) is 10.9. The van der Waals surface area contributed by atoms with E-state index in [2.05, 4.69) is 21.7 Å². The number of hydrogen-bond donors (Lipinski definition) is 0. The molecule has 0 radical (unpaired) electrons. The van der Waals surface area contributed by atoms with Gasteiger partial charge in [0.15, 0.2) is 3.81 Å². The topological polar surface area (TPSA) is 34.1 Å². The van der Waals surface area contributed by atoms with Crippen LogP contribution in [-0.2, 0) is 9.84 Å². The lowest BCUT2D eigenvalue weighted by molar-refractivity contribution is 0.604. The van der Waals surface area contributed by atoms with E-state index in [9.17, 15) is 8.42 Å². The monoisotopic (exact) mass is 286 g/mol. The van der Waals surface area contributed by atoms with E-state index in [-0.39, 0.29) is 8.71 Å². The molecule has 1 aromatic rings. The lowest BCUT2D eigenvalue weighted by Crippen LogP contribution is -1.99. The first-order valence-corrected chi connectivity index (χ1v) is 6.62. The molecule has 0 unspecified atom stereocenters. The maximum absolute atomic E-state index is 11.9. The van der Waals surface area contributed by atoms with Crippen molar-refractivity contribution in [1.29, 1.82) is 0 Å². The van der Waals surface area contributed by atoms with Crippen LogP contribution in [0.2, 0.25) is 0 Å². The van der Waals surface area contributed by atoms with E-state index in [1.165, 1.54) is 0 Å². The van der Waals surface area contributed by atoms with E-state index >= 15 is 0 Å². The van der Waals surface area contributed by atoms with Crippen molar-refractivity contribution in [3.8, 4) is 0 Å². The van der Waals surface area contributed by atoms with Gasteiger partial charge in [0.2, 0.25) is 9.84 Å². The molecule has 0 bridgehead atoms. The smallest absolute Gasteiger partial charge is 0.217 e. The molecule has 0 N–H and O–H groups in total. The van der Waals surface area contributed by atoms with E-state index in [0.29, 0.717) is 0 Å². The van der Waals surface area contributed by atoms with Gasteiger partial charge in [0, 0.05) is 0 Å². The Bertz CT molecular complexity index is 505. The van der Waals surface area contributed by atoms with Gasteiger partial charge >= 0.3 is 0 Å². The lowest BCUT2D eigenvalue weighted by Gasteiger charge is -2.00. The molecule has 0 fully saturated rings. The second-order valence-electron chi connectivity index (χ2n) is 3.22. The molecule has 1 rings (SSSR count). The molecular weight excluding hydrogens is 276 g/mol. The molecular formula is C11H11BrO2S. The van der Waals surface area contributed by atoms with E-state index < -0.39 is 9.84 Å². The highest BCUT2D eigenvalue weighted by Crippen LogP contribution is 2.22. The standard InChI is InChI=1S/C11H11BrO2S/c1-9(2)8-11(12)15(13,14)10-6-4-3-5-7-10/h3-7H,1-2H3. The number of rotatable bonds is 2. The summed E-state index contributed by atoms with van der Waals surface area (Å²) in [5.41, 5.74) is 3.55. The summed E-state index contributed by atoms with van der Waals surface area (Å²) < 4.78 is 23.9. The Morgan fingerprint density at radius 3 is 2.20 bits per heavy atom. The van der Waals surface area contributed by atoms with Gasteiger partial charge in [0.25, 0.3) is 0 Å². The Kier molecular flexibility index (Phi) is 3.91. The normalized spacial score (nSPS) is 10.6. The van der Waals surface area contributed by atoms with Crippen molar-refractivity contribution in [2.75, 3.05) is 0 Å². The third-order valence-corrected chi connectivity index (χ3v) is 4.58. The van der Waals surface area contributed by atoms with Crippen molar-refractivity contribution < 1.29 is 8.42 Å². The number of halogens is 1. The van der Waals surface area contributed by atoms with Crippen LogP contribution in [0.25, 0.3) is 0 Å². The molecule has 2 nitrogen and oxygen atoms in total. The third kappa shape index (κ3) is 3.06. The molecule has 0 atom stereocenters. The van der Waals surface area contributed by atoms with Crippen LogP contribution >= 0.6 is 15.9 Å². The molecule has 0 aromatic heterocycles. The molecule has 0 aliphatic carbocycles. The number of benzene rings is 1. The molecule has 0 amide bonds. The fourth-order valence-electron chi connectivity index (χ4n) is 0.967. The van der Waals surface area contributed by atoms with Crippen molar-refractivity contribution >= 4 is 25.8 Å². The maximum atomic E-state index is 11.9. The van der Waals surface area contributed by atoms with Gasteiger partial charge in [0.05, 0.1) is 4.90 Å². The maximum Gasteiger partial charge on any atom is 0.220 e. The second-order valence-corrected chi connectivity index (χ2v) is 6.42. The summed E-state index contributed by atoms with van der Waals surface area (Å²) in [4.78, 5) is 0.269. The van der Waals surface area contributed by atoms with Crippen LogP contribution in [-0.4, -0.2) is 8.42 Å². The zero-order valence-electron chi connectivity index (χ0n) is 8.49. The molecule has 15 heavy (non-hydrogen) atoms. The molecule has 0 saturated carbocycles. The quantitative estimate of drug-likeness (QED) is 0.782. The molecule has 0 spiro atoms. The van der Waals surface area contributed by atoms with Gasteiger partial charge in [-0.05, 0) is 47.5 Å². The molecule has 0 saturated heterocycles. The number of allylic oxidation sites excluding steroid dienone is 1. The summed E-state index contributed by atoms with van der Waals surface area (Å²) in [6.07, 6.45) is 0. The SMILES string of the molecule is CC(C)=C=C(Br)S(=O)(=O)c1ccccc1. The number of sulfone groups is 1. The average molecular weight is 287 g/mol. The fraction of sp³-hybridized carbons (Fsp3) is 0.182. The molecule has 80 valence electrons. The van der Waals surface area contributed by atoms with Gasteiger partial charge in [-0.25, -0.2) is 8.42 Å². The summed E-state index contributed by atoms with van der Waals surface area (Å²) in [5, 5.41) is 0. The third-order valence-electron chi connectivity index (χ3n) is 1.64. The zero-order chi connectivity index (χ0) is 11.5. The molecule has 4 heteroatoms. The molecule has 0 aliphatic heterocycles. The predicted octanol–water partition coefficient (Wildman–Crippen LogP) is 3.26. The molecule has 0 aliphatic rings. The van der Waals surface area contributed by atoms with Crippen LogP contribution in [0.15, 0.2) is 50.3 Å². The summed E-state index contributed by atoms with van der Waals surface area (Å²) in [7, 11) is -3.43. The first kappa shape index (κ1) is 12.2. The van der Waals surface area contributed by atoms with Gasteiger partial charge in [-0.2, -0.15) is 0 Å². The summed E-state index contributed by atoms with van der Waals surface area (Å²) in [5.74, 6) is 0. The Morgan fingerprint density at radius 2 is 1.73 bits per heavy atom. The first-order chi connectivity index (χ1) is 6.94. The van der Waals surface area contributed by atoms with E-state index in [0.717, 1.165) is 5.57 Å². The summed E-state index contributed by atoms with van der Waals surface area (Å²) in [6, 6.07) is 8.27. The van der Waals surface area contributed by atoms with Crippen LogP contribution in [0.5, 0.6) is 0 Å². The average Bonchev–Trinajstić information content (AvgIpc) is 2.18. The van der Waals surface area contributed by atoms with E-state index in [4.69, 9.17) is 0 Å². The second kappa shape index (κ2) is 4.79. The van der Waals surface area contributed by atoms with Crippen LogP contribution in [0.3, 0.4) is 0 Å². The predicted molar refractivity (Wildman–Crippen MR) is 64.4 cm³/mol. The largest absolute Gasteiger partial charge is 0.220 e. The van der Waals surface area contributed by atoms with Crippen LogP contribution in [0, 0.1) is 0 Å². The van der Waals surface area contributed by atoms with Crippen molar-refractivity contribution in [2.45, 2.75) is 18.7 Å². The molecule has 0 heterocycles. The van der Waals surface area contributed by atoms with Crippen LogP contribution < -0.4 is 0 Å². The van der Waals surface area contributed by atoms with Gasteiger partial charge in [-0.1, -0.05) is 23.9 Å². The van der Waals surface area contributed by atoms with E-state index in [1.807, 2.05) is 0 Å². The first-order valence-electron chi connectivity index (χ1n) is 4.34. The number of hydrogen-bond acceptors (Lipinski definition) is 2. The Labute approximate surface area is 98.4 Å². The van der Waals surface area contributed by atoms with Crippen molar-refractivity contribution in [3.63, 3.8) is 0 Å². The van der Waals surface area contributed by atoms with E-state index in [1.54, 1.807) is 44.2 Å². The fourth-order valence-corrected chi connectivity index (χ4v) is 2.98. The highest BCUT2D eigenvalue weighted by atomic mass is 79.9. The van der Waals surface area contributed by atoms with Gasteiger partial charge in [-0.15, -0.1) is 0 Å². The van der Waals surface area contributed by atoms with Gasteiger partial charge in [0.1, 0.15) is 0 Å². The van der Waals surface area contributed by atoms with Gasteiger partial charge in [-0.3, -0.25) is 0 Å². The Morgan fingerprint density at radius 1 is 1.20 bits per heavy atom. The Hall–Kier alpha value is -0.830. The van der Waals surface area contributed by atoms with Crippen LogP contribution in [0.4, 0.5) is 0 Å². The summed E-state index contributed by atoms with van der Waals surface area (Å²) >= 11 is 3.03. The summed E-state index contributed by atoms with van der Waals surface area (Å²) in [6.45, 7) is 3.59. The molecule has 1 aromatic carbocycles. The highest BCUT2D eigenvalue weighted by Gasteiger charge is 2.17. The Balaban J connectivity index is 3.35. The van der Waals surface area contributed by atoms with Crippen molar-refractivity contribution in [2.24, 2.45) is 0 Å². The highest BCUT2D eigenvalue weighted by molar-refractivity contribution is 9.13. The van der Waals surface area contributed by atoms with Crippen molar-refractivity contribution in [1.82, 2.24) is 0 Å². The minimum absolute atomic E-state index is 0.0706. The lowest BCUT2D eigenvalue weighted by atomic mass is 10.4.